The SMILES string of the molecule is CCCCC1=C(C=C2C(=O)C(C=C3N(C)c4cc5c(cc4C3(C)C)C(C)(C)C(=CC3=C(O)C(=CC4=C(CCCC)c6ccc7ccccc7c6C4(C)C)C3=O)N5C)=C2O)C(C)(C)c2c1ccc1ccccc21. The minimum absolute atomic E-state index is 0.0465. The Morgan fingerprint density at radius 2 is 0.889 bits per heavy atom. The lowest BCUT2D eigenvalue weighted by atomic mass is 9.75. The van der Waals surface area contributed by atoms with E-state index in [4.69, 9.17) is 0 Å². The number of anilines is 2. The molecule has 11 rings (SSSR count). The van der Waals surface area contributed by atoms with Gasteiger partial charge >= 0.3 is 0 Å². The lowest BCUT2D eigenvalue weighted by molar-refractivity contribution is -0.114. The van der Waals surface area contributed by atoms with E-state index in [-0.39, 0.29) is 33.9 Å². The normalized spacial score (nSPS) is 22.4. The molecule has 0 saturated heterocycles. The number of rotatable bonds is 10. The standard InChI is InChI=1S/C66H68N2O4/c1-13-15-23-41-43-29-27-37-21-17-19-25-39(37)57(43)65(7,8)49(41)31-45-59(69)47(60(45)70)33-55-63(3,4)51-35-52-54(36-53(51)67(55)11)68(12)56(64(52,5)6)34-48-61(71)46(62(48)72)32-50-42(24-16-14-2)44-30-28-38-22-18-20-26-40(38)58(44)66(50,9)10/h17-22,25-36,69,71H,13-16,23-24H2,1-12H3. The van der Waals surface area contributed by atoms with E-state index >= 15 is 0 Å². The first kappa shape index (κ1) is 47.4. The minimum Gasteiger partial charge on any atom is -0.506 e. The topological polar surface area (TPSA) is 81.1 Å². The fourth-order valence-corrected chi connectivity index (χ4v) is 13.5. The van der Waals surface area contributed by atoms with Crippen LogP contribution in [-0.2, 0) is 31.2 Å². The third-order valence-corrected chi connectivity index (χ3v) is 17.6. The van der Waals surface area contributed by atoms with Crippen LogP contribution in [0.25, 0.3) is 32.7 Å². The molecule has 5 aromatic rings. The van der Waals surface area contributed by atoms with Crippen molar-refractivity contribution in [1.82, 2.24) is 0 Å². The third kappa shape index (κ3) is 6.52. The zero-order valence-electron chi connectivity index (χ0n) is 44.2. The highest BCUT2D eigenvalue weighted by Crippen LogP contribution is 2.58. The average molecular weight is 953 g/mol. The van der Waals surface area contributed by atoms with Gasteiger partial charge in [0.15, 0.2) is 0 Å². The van der Waals surface area contributed by atoms with Crippen LogP contribution >= 0.6 is 0 Å². The second-order valence-electron chi connectivity index (χ2n) is 23.3. The molecule has 6 aliphatic rings. The quantitative estimate of drug-likeness (QED) is 0.136. The molecule has 6 heteroatoms. The van der Waals surface area contributed by atoms with Crippen molar-refractivity contribution in [2.24, 2.45) is 0 Å². The molecule has 72 heavy (non-hydrogen) atoms. The van der Waals surface area contributed by atoms with Crippen molar-refractivity contribution >= 4 is 55.6 Å². The average Bonchev–Trinajstić information content (AvgIpc) is 3.88. The summed E-state index contributed by atoms with van der Waals surface area (Å²) in [6, 6.07) is 30.5. The van der Waals surface area contributed by atoms with Crippen molar-refractivity contribution in [2.45, 2.75) is 129 Å². The monoisotopic (exact) mass is 953 g/mol. The van der Waals surface area contributed by atoms with Crippen molar-refractivity contribution in [3.8, 4) is 0 Å². The highest BCUT2D eigenvalue weighted by Gasteiger charge is 2.48. The first-order chi connectivity index (χ1) is 34.2. The first-order valence-corrected chi connectivity index (χ1v) is 26.2. The van der Waals surface area contributed by atoms with Gasteiger partial charge in [-0.3, -0.25) is 9.59 Å². The predicted octanol–water partition coefficient (Wildman–Crippen LogP) is 15.7. The smallest absolute Gasteiger partial charge is 0.200 e. The van der Waals surface area contributed by atoms with Crippen LogP contribution in [0.2, 0.25) is 0 Å². The second kappa shape index (κ2) is 16.3. The van der Waals surface area contributed by atoms with Gasteiger partial charge in [0.1, 0.15) is 11.5 Å². The van der Waals surface area contributed by atoms with Crippen LogP contribution in [0.5, 0.6) is 0 Å². The maximum Gasteiger partial charge on any atom is 0.200 e. The van der Waals surface area contributed by atoms with E-state index in [1.165, 1.54) is 54.9 Å². The lowest BCUT2D eigenvalue weighted by Gasteiger charge is -2.29. The van der Waals surface area contributed by atoms with Crippen molar-refractivity contribution in [3.63, 3.8) is 0 Å². The lowest BCUT2D eigenvalue weighted by Crippen LogP contribution is -2.28. The maximum atomic E-state index is 14.3. The number of hydrogen-bond donors (Lipinski definition) is 2. The summed E-state index contributed by atoms with van der Waals surface area (Å²) >= 11 is 0. The number of fused-ring (bicyclic) bond motifs is 8. The summed E-state index contributed by atoms with van der Waals surface area (Å²) in [7, 11) is 4.07. The summed E-state index contributed by atoms with van der Waals surface area (Å²) in [5, 5.41) is 28.5. The number of unbranched alkanes of at least 4 members (excludes halogenated alkanes) is 2. The molecule has 2 N–H and O–H groups in total. The van der Waals surface area contributed by atoms with Crippen molar-refractivity contribution in [3.05, 3.63) is 199 Å². The van der Waals surface area contributed by atoms with Gasteiger partial charge in [0, 0.05) is 58.5 Å². The number of benzene rings is 5. The fraction of sp³-hybridized carbons (Fsp3) is 0.333. The molecule has 0 fully saturated rings. The van der Waals surface area contributed by atoms with Crippen LogP contribution in [0, 0.1) is 0 Å². The van der Waals surface area contributed by atoms with Crippen LogP contribution < -0.4 is 9.80 Å². The van der Waals surface area contributed by atoms with Crippen molar-refractivity contribution in [1.29, 1.82) is 0 Å². The molecule has 0 atom stereocenters. The Bertz CT molecular complexity index is 3340. The third-order valence-electron chi connectivity index (χ3n) is 17.6. The molecule has 0 unspecified atom stereocenters. The van der Waals surface area contributed by atoms with Crippen molar-refractivity contribution < 1.29 is 19.8 Å². The highest BCUT2D eigenvalue weighted by atomic mass is 16.3. The molecule has 0 spiro atoms. The number of allylic oxidation sites excluding steroid dienone is 14. The fourth-order valence-electron chi connectivity index (χ4n) is 13.5. The molecule has 2 heterocycles. The van der Waals surface area contributed by atoms with E-state index < -0.39 is 10.8 Å². The van der Waals surface area contributed by atoms with Crippen LogP contribution in [0.1, 0.15) is 141 Å². The van der Waals surface area contributed by atoms with E-state index in [0.717, 1.165) is 83.6 Å². The molecule has 0 bridgehead atoms. The van der Waals surface area contributed by atoms with Gasteiger partial charge in [-0.05, 0) is 139 Å². The number of ketones is 2. The molecule has 5 aromatic carbocycles. The number of hydrogen-bond acceptors (Lipinski definition) is 6. The van der Waals surface area contributed by atoms with Crippen molar-refractivity contribution in [2.75, 3.05) is 23.9 Å². The van der Waals surface area contributed by atoms with Crippen LogP contribution in [0.3, 0.4) is 0 Å². The Kier molecular flexibility index (Phi) is 10.7. The largest absolute Gasteiger partial charge is 0.506 e. The van der Waals surface area contributed by atoms with E-state index in [1.54, 1.807) is 0 Å². The highest BCUT2D eigenvalue weighted by molar-refractivity contribution is 6.22. The number of carbonyl (C=O) groups is 2. The Balaban J connectivity index is 0.902. The molecule has 0 saturated carbocycles. The summed E-state index contributed by atoms with van der Waals surface area (Å²) in [5.74, 6) is -0.189. The number of likely N-dealkylation sites (N-methyl/N-ethyl adjacent to an activating group) is 2. The first-order valence-electron chi connectivity index (χ1n) is 26.2. The number of aliphatic hydroxyl groups excluding tert-OH is 2. The molecule has 0 amide bonds. The van der Waals surface area contributed by atoms with Gasteiger partial charge in [0.05, 0.1) is 22.3 Å². The zero-order valence-corrected chi connectivity index (χ0v) is 44.2. The molecule has 2 aliphatic heterocycles. The maximum absolute atomic E-state index is 14.3. The predicted molar refractivity (Wildman–Crippen MR) is 298 cm³/mol. The van der Waals surface area contributed by atoms with E-state index in [0.29, 0.717) is 22.3 Å². The van der Waals surface area contributed by atoms with E-state index in [1.807, 2.05) is 38.4 Å². The van der Waals surface area contributed by atoms with Gasteiger partial charge < -0.3 is 20.0 Å². The molecule has 0 aromatic heterocycles. The molecule has 366 valence electrons. The van der Waals surface area contributed by atoms with E-state index in [2.05, 4.69) is 164 Å². The molecular formula is C66H68N2O4. The van der Waals surface area contributed by atoms with Gasteiger partial charge in [0.2, 0.25) is 11.6 Å². The van der Waals surface area contributed by atoms with Gasteiger partial charge in [0.25, 0.3) is 0 Å². The number of nitrogens with zero attached hydrogens (tertiary/aromatic N) is 2. The summed E-state index contributed by atoms with van der Waals surface area (Å²) in [5.41, 5.74) is 15.7. The number of aliphatic hydroxyl groups is 2. The molecule has 0 radical (unpaired) electrons. The van der Waals surface area contributed by atoms with Gasteiger partial charge in [-0.1, -0.05) is 155 Å². The minimum atomic E-state index is -0.506. The molecule has 4 aliphatic carbocycles. The van der Waals surface area contributed by atoms with Crippen LogP contribution in [0.15, 0.2) is 166 Å². The summed E-state index contributed by atoms with van der Waals surface area (Å²) < 4.78 is 0. The van der Waals surface area contributed by atoms with E-state index in [9.17, 15) is 19.8 Å². The van der Waals surface area contributed by atoms with Crippen LogP contribution in [-0.4, -0.2) is 35.9 Å². The molecule has 6 nitrogen and oxygen atoms in total. The number of carbonyl (C=O) groups excluding carboxylic acids is 2. The summed E-state index contributed by atoms with van der Waals surface area (Å²) in [6.45, 7) is 22.1. The second-order valence-corrected chi connectivity index (χ2v) is 23.3. The zero-order chi connectivity index (χ0) is 51.1. The Morgan fingerprint density at radius 3 is 1.26 bits per heavy atom. The van der Waals surface area contributed by atoms with Crippen LogP contribution in [0.4, 0.5) is 11.4 Å². The van der Waals surface area contributed by atoms with Gasteiger partial charge in [-0.2, -0.15) is 0 Å². The molecular weight excluding hydrogens is 885 g/mol. The Labute approximate surface area is 425 Å². The van der Waals surface area contributed by atoms with Gasteiger partial charge in [-0.25, -0.2) is 0 Å². The Morgan fingerprint density at radius 1 is 0.500 bits per heavy atom. The Hall–Kier alpha value is -6.92. The number of Topliss-reactive ketones (excluding diaryl/α,β-unsaturated/α-hetero) is 2. The summed E-state index contributed by atoms with van der Waals surface area (Å²) in [6.07, 6.45) is 13.8. The summed E-state index contributed by atoms with van der Waals surface area (Å²) in [4.78, 5) is 32.9. The van der Waals surface area contributed by atoms with Gasteiger partial charge in [-0.15, -0.1) is 0 Å².